The lowest BCUT2D eigenvalue weighted by atomic mass is 9.87. The molecule has 23 heavy (non-hydrogen) atoms. The van der Waals surface area contributed by atoms with E-state index in [1.54, 1.807) is 0 Å². The molecule has 2 atom stereocenters. The van der Waals surface area contributed by atoms with E-state index in [4.69, 9.17) is 0 Å². The minimum atomic E-state index is -4.19. The molecular weight excluding hydrogens is 297 g/mol. The number of hydrogen-bond donors (Lipinski definition) is 0. The maximum absolute atomic E-state index is 13.6. The molecule has 1 aliphatic rings. The number of alkyl halides is 3. The van der Waals surface area contributed by atoms with E-state index in [0.29, 0.717) is 5.56 Å². The Labute approximate surface area is 135 Å². The number of fused-ring (bicyclic) bond motifs is 1. The number of rotatable bonds is 1. The molecule has 0 heterocycles. The standard InChI is InChI=1S/C20H21F3/c1-11-5-7-15(8-6-11)16-10-17(20(21,22)23)18-13(3)9-12(2)14(4)19(16)18/h5-9,16-17H,10H2,1-4H3/t16-,17-/m1/s1. The Balaban J connectivity index is 2.22. The third-order valence-electron chi connectivity index (χ3n) is 5.19. The summed E-state index contributed by atoms with van der Waals surface area (Å²) in [5.74, 6) is -1.53. The molecule has 0 radical (unpaired) electrons. The summed E-state index contributed by atoms with van der Waals surface area (Å²) >= 11 is 0. The average molecular weight is 318 g/mol. The molecule has 2 aromatic rings. The summed E-state index contributed by atoms with van der Waals surface area (Å²) in [6, 6.07) is 9.80. The summed E-state index contributed by atoms with van der Waals surface area (Å²) in [5.41, 5.74) is 6.34. The van der Waals surface area contributed by atoms with Gasteiger partial charge in [-0.25, -0.2) is 0 Å². The van der Waals surface area contributed by atoms with Crippen LogP contribution in [0.15, 0.2) is 30.3 Å². The molecule has 0 bridgehead atoms. The first-order valence-corrected chi connectivity index (χ1v) is 7.94. The van der Waals surface area contributed by atoms with Crippen molar-refractivity contribution in [3.05, 3.63) is 69.3 Å². The predicted molar refractivity (Wildman–Crippen MR) is 87.1 cm³/mol. The highest BCUT2D eigenvalue weighted by Crippen LogP contribution is 2.54. The fourth-order valence-corrected chi connectivity index (χ4v) is 3.92. The Hall–Kier alpha value is -1.77. The zero-order chi connectivity index (χ0) is 16.9. The van der Waals surface area contributed by atoms with Gasteiger partial charge in [-0.2, -0.15) is 13.2 Å². The molecule has 0 aliphatic heterocycles. The second-order valence-electron chi connectivity index (χ2n) is 6.76. The number of benzene rings is 2. The van der Waals surface area contributed by atoms with Crippen LogP contribution in [0.1, 0.15) is 57.2 Å². The molecule has 0 saturated heterocycles. The van der Waals surface area contributed by atoms with Crippen LogP contribution >= 0.6 is 0 Å². The van der Waals surface area contributed by atoms with Crippen LogP contribution in [0, 0.1) is 27.7 Å². The summed E-state index contributed by atoms with van der Waals surface area (Å²) in [6.45, 7) is 7.73. The van der Waals surface area contributed by atoms with Crippen molar-refractivity contribution in [2.75, 3.05) is 0 Å². The van der Waals surface area contributed by atoms with Crippen molar-refractivity contribution in [2.45, 2.75) is 52.1 Å². The predicted octanol–water partition coefficient (Wildman–Crippen LogP) is 6.10. The molecule has 0 spiro atoms. The van der Waals surface area contributed by atoms with Crippen LogP contribution in [0.3, 0.4) is 0 Å². The SMILES string of the molecule is Cc1ccc([C@H]2C[C@@H](C(F)(F)F)c3c(C)cc(C)c(C)c32)cc1. The fraction of sp³-hybridized carbons (Fsp3) is 0.400. The van der Waals surface area contributed by atoms with Crippen LogP contribution in [-0.2, 0) is 0 Å². The van der Waals surface area contributed by atoms with Gasteiger partial charge in [0.25, 0.3) is 0 Å². The summed E-state index contributed by atoms with van der Waals surface area (Å²) in [5, 5.41) is 0. The van der Waals surface area contributed by atoms with Gasteiger partial charge in [-0.3, -0.25) is 0 Å². The lowest BCUT2D eigenvalue weighted by molar-refractivity contribution is -0.150. The van der Waals surface area contributed by atoms with Crippen molar-refractivity contribution in [3.8, 4) is 0 Å². The zero-order valence-corrected chi connectivity index (χ0v) is 13.9. The molecule has 0 N–H and O–H groups in total. The number of halogens is 3. The van der Waals surface area contributed by atoms with Crippen LogP contribution in [0.25, 0.3) is 0 Å². The number of hydrogen-bond acceptors (Lipinski definition) is 0. The maximum atomic E-state index is 13.6. The van der Waals surface area contributed by atoms with Gasteiger partial charge in [0.1, 0.15) is 0 Å². The molecule has 122 valence electrons. The highest BCUT2D eigenvalue weighted by molar-refractivity contribution is 5.55. The van der Waals surface area contributed by atoms with E-state index in [9.17, 15) is 13.2 Å². The van der Waals surface area contributed by atoms with Crippen LogP contribution in [0.5, 0.6) is 0 Å². The molecule has 0 amide bonds. The lowest BCUT2D eigenvalue weighted by Crippen LogP contribution is -2.19. The van der Waals surface area contributed by atoms with E-state index in [1.807, 2.05) is 58.0 Å². The molecule has 0 nitrogen and oxygen atoms in total. The molecule has 3 rings (SSSR count). The minimum Gasteiger partial charge on any atom is -0.170 e. The van der Waals surface area contributed by atoms with Gasteiger partial charge in [0.15, 0.2) is 0 Å². The largest absolute Gasteiger partial charge is 0.395 e. The van der Waals surface area contributed by atoms with Crippen molar-refractivity contribution in [1.82, 2.24) is 0 Å². The van der Waals surface area contributed by atoms with Crippen molar-refractivity contribution in [1.29, 1.82) is 0 Å². The van der Waals surface area contributed by atoms with E-state index in [1.165, 1.54) is 0 Å². The molecule has 0 aromatic heterocycles. The Morgan fingerprint density at radius 1 is 0.870 bits per heavy atom. The van der Waals surface area contributed by atoms with E-state index >= 15 is 0 Å². The molecule has 1 aliphatic carbocycles. The quantitative estimate of drug-likeness (QED) is 0.596. The Morgan fingerprint density at radius 3 is 2.04 bits per heavy atom. The molecule has 0 unspecified atom stereocenters. The minimum absolute atomic E-state index is 0.118. The first-order valence-electron chi connectivity index (χ1n) is 7.94. The van der Waals surface area contributed by atoms with Gasteiger partial charge in [0.05, 0.1) is 5.92 Å². The Morgan fingerprint density at radius 2 is 1.48 bits per heavy atom. The summed E-state index contributed by atoms with van der Waals surface area (Å²) in [4.78, 5) is 0. The van der Waals surface area contributed by atoms with E-state index in [2.05, 4.69) is 0 Å². The molecule has 3 heteroatoms. The van der Waals surface area contributed by atoms with Crippen LogP contribution in [-0.4, -0.2) is 6.18 Å². The topological polar surface area (TPSA) is 0 Å². The van der Waals surface area contributed by atoms with Gasteiger partial charge in [0, 0.05) is 5.92 Å². The lowest BCUT2D eigenvalue weighted by Gasteiger charge is -2.19. The van der Waals surface area contributed by atoms with Gasteiger partial charge in [0.2, 0.25) is 0 Å². The Kier molecular flexibility index (Phi) is 3.78. The number of aryl methyl sites for hydroxylation is 3. The third-order valence-corrected chi connectivity index (χ3v) is 5.19. The molecule has 2 aromatic carbocycles. The normalized spacial score (nSPS) is 20.7. The first kappa shape index (κ1) is 16.1. The van der Waals surface area contributed by atoms with E-state index < -0.39 is 12.1 Å². The summed E-state index contributed by atoms with van der Waals surface area (Å²) < 4.78 is 40.8. The highest BCUT2D eigenvalue weighted by atomic mass is 19.4. The monoisotopic (exact) mass is 318 g/mol. The maximum Gasteiger partial charge on any atom is 0.395 e. The van der Waals surface area contributed by atoms with Crippen molar-refractivity contribution < 1.29 is 13.2 Å². The van der Waals surface area contributed by atoms with Gasteiger partial charge >= 0.3 is 6.18 Å². The zero-order valence-electron chi connectivity index (χ0n) is 13.9. The smallest absolute Gasteiger partial charge is 0.170 e. The van der Waals surface area contributed by atoms with Gasteiger partial charge in [-0.15, -0.1) is 0 Å². The van der Waals surface area contributed by atoms with Crippen molar-refractivity contribution in [2.24, 2.45) is 0 Å². The van der Waals surface area contributed by atoms with Crippen molar-refractivity contribution in [3.63, 3.8) is 0 Å². The molecular formula is C20H21F3. The summed E-state index contributed by atoms with van der Waals surface area (Å²) in [7, 11) is 0. The summed E-state index contributed by atoms with van der Waals surface area (Å²) in [6.07, 6.45) is -4.08. The van der Waals surface area contributed by atoms with E-state index in [0.717, 1.165) is 33.4 Å². The van der Waals surface area contributed by atoms with Crippen molar-refractivity contribution >= 4 is 0 Å². The van der Waals surface area contributed by atoms with Gasteiger partial charge < -0.3 is 0 Å². The van der Waals surface area contributed by atoms with Gasteiger partial charge in [-0.1, -0.05) is 35.9 Å². The second kappa shape index (κ2) is 5.40. The first-order chi connectivity index (χ1) is 10.7. The molecule has 0 saturated carbocycles. The third kappa shape index (κ3) is 2.66. The van der Waals surface area contributed by atoms with Crippen LogP contribution in [0.2, 0.25) is 0 Å². The highest BCUT2D eigenvalue weighted by Gasteiger charge is 2.49. The molecule has 0 fully saturated rings. The Bertz CT molecular complexity index is 739. The van der Waals surface area contributed by atoms with E-state index in [-0.39, 0.29) is 12.3 Å². The van der Waals surface area contributed by atoms with Gasteiger partial charge in [-0.05, 0) is 67.5 Å². The van der Waals surface area contributed by atoms with Crippen LogP contribution < -0.4 is 0 Å². The van der Waals surface area contributed by atoms with Crippen LogP contribution in [0.4, 0.5) is 13.2 Å². The fourth-order valence-electron chi connectivity index (χ4n) is 3.92. The average Bonchev–Trinajstić information content (AvgIpc) is 2.87. The second-order valence-corrected chi connectivity index (χ2v) is 6.76.